The van der Waals surface area contributed by atoms with Crippen LogP contribution in [0, 0.1) is 0 Å². The zero-order chi connectivity index (χ0) is 15.9. The number of rotatable bonds is 4. The molecule has 0 saturated heterocycles. The van der Waals surface area contributed by atoms with E-state index in [1.165, 1.54) is 60.7 Å². The Kier molecular flexibility index (Phi) is 4.83. The first-order chi connectivity index (χ1) is 10.7. The molecule has 0 aliphatic carbocycles. The van der Waals surface area contributed by atoms with Gasteiger partial charge in [-0.1, -0.05) is 0 Å². The quantitative estimate of drug-likeness (QED) is 0.477. The number of isocyanates is 2. The molecule has 0 heterocycles. The zero-order valence-corrected chi connectivity index (χ0v) is 11.1. The van der Waals surface area contributed by atoms with Gasteiger partial charge in [0, 0.05) is 11.1 Å². The first kappa shape index (κ1) is 15.2. The molecule has 0 bridgehead atoms. The molecule has 0 aromatic heterocycles. The second-order valence-electron chi connectivity index (χ2n) is 4.13. The summed E-state index contributed by atoms with van der Waals surface area (Å²) in [4.78, 5) is 26.9. The highest BCUT2D eigenvalue weighted by atomic mass is 19.2. The van der Waals surface area contributed by atoms with E-state index in [1.54, 1.807) is 0 Å². The molecule has 0 unspecified atom stereocenters. The van der Waals surface area contributed by atoms with Gasteiger partial charge in [0.25, 0.3) is 0 Å². The van der Waals surface area contributed by atoms with E-state index in [-0.39, 0.29) is 11.1 Å². The minimum atomic E-state index is -1.05. The van der Waals surface area contributed by atoms with Crippen LogP contribution in [-0.2, 0) is 9.59 Å². The van der Waals surface area contributed by atoms with Crippen LogP contribution in [0.25, 0.3) is 11.7 Å². The molecule has 2 aromatic carbocycles. The molecule has 0 fully saturated rings. The van der Waals surface area contributed by atoms with Crippen LogP contribution in [-0.4, -0.2) is 12.2 Å². The molecule has 6 heteroatoms. The van der Waals surface area contributed by atoms with Crippen molar-refractivity contribution in [2.45, 2.75) is 0 Å². The summed E-state index contributed by atoms with van der Waals surface area (Å²) in [7, 11) is 0. The van der Waals surface area contributed by atoms with Crippen LogP contribution in [0.15, 0.2) is 58.5 Å². The number of aliphatic imine (C=N–C) groups is 2. The summed E-state index contributed by atoms with van der Waals surface area (Å²) in [5.41, 5.74) is 0.612. The predicted molar refractivity (Wildman–Crippen MR) is 77.5 cm³/mol. The molecule has 22 heavy (non-hydrogen) atoms. The van der Waals surface area contributed by atoms with Crippen molar-refractivity contribution in [3.8, 4) is 0 Å². The van der Waals surface area contributed by atoms with Crippen LogP contribution in [0.2, 0.25) is 0 Å². The van der Waals surface area contributed by atoms with Crippen LogP contribution < -0.4 is 0 Å². The molecule has 0 radical (unpaired) electrons. The van der Waals surface area contributed by atoms with Gasteiger partial charge in [0.2, 0.25) is 12.2 Å². The molecule has 2 aromatic rings. The number of hydrogen-bond acceptors (Lipinski definition) is 4. The van der Waals surface area contributed by atoms with E-state index >= 15 is 0 Å². The van der Waals surface area contributed by atoms with Gasteiger partial charge in [-0.05, 0) is 48.5 Å². The molecule has 0 N–H and O–H groups in total. The average Bonchev–Trinajstić information content (AvgIpc) is 2.55. The van der Waals surface area contributed by atoms with Gasteiger partial charge in [0.15, 0.2) is 11.7 Å². The minimum absolute atomic E-state index is 0.0114. The van der Waals surface area contributed by atoms with Crippen molar-refractivity contribution in [3.05, 3.63) is 59.7 Å². The third-order valence-corrected chi connectivity index (χ3v) is 2.78. The first-order valence-electron chi connectivity index (χ1n) is 6.07. The van der Waals surface area contributed by atoms with Gasteiger partial charge in [-0.25, -0.2) is 18.4 Å². The van der Waals surface area contributed by atoms with Crippen LogP contribution in [0.4, 0.5) is 20.2 Å². The Morgan fingerprint density at radius 3 is 1.27 bits per heavy atom. The van der Waals surface area contributed by atoms with Gasteiger partial charge in [-0.15, -0.1) is 0 Å². The third kappa shape index (κ3) is 3.46. The number of nitrogens with zero attached hydrogens (tertiary/aromatic N) is 2. The van der Waals surface area contributed by atoms with Gasteiger partial charge in [-0.3, -0.25) is 0 Å². The molecular formula is C16H8F2N2O2. The van der Waals surface area contributed by atoms with E-state index in [0.29, 0.717) is 11.4 Å². The summed E-state index contributed by atoms with van der Waals surface area (Å²) in [6.07, 6.45) is 2.71. The standard InChI is InChI=1S/C16H8F2N2O2/c17-15(11-1-5-13(6-2-11)19-9-21)16(18)12-3-7-14(8-4-12)20-10-22/h1-8H/b16-15+. The summed E-state index contributed by atoms with van der Waals surface area (Å²) in [6, 6.07) is 10.7. The topological polar surface area (TPSA) is 58.9 Å². The molecule has 0 saturated carbocycles. The van der Waals surface area contributed by atoms with Crippen molar-refractivity contribution < 1.29 is 18.4 Å². The van der Waals surface area contributed by atoms with E-state index in [0.717, 1.165) is 0 Å². The smallest absolute Gasteiger partial charge is 0.211 e. The Labute approximate surface area is 124 Å². The Morgan fingerprint density at radius 2 is 1.00 bits per heavy atom. The van der Waals surface area contributed by atoms with Gasteiger partial charge in [0.1, 0.15) is 0 Å². The maximum atomic E-state index is 14.1. The Balaban J connectivity index is 2.34. The Hall–Kier alpha value is -3.20. The fraction of sp³-hybridized carbons (Fsp3) is 0. The highest BCUT2D eigenvalue weighted by Crippen LogP contribution is 2.30. The number of carbonyl (C=O) groups excluding carboxylic acids is 2. The van der Waals surface area contributed by atoms with E-state index < -0.39 is 11.7 Å². The van der Waals surface area contributed by atoms with Crippen molar-refractivity contribution in [1.82, 2.24) is 0 Å². The van der Waals surface area contributed by atoms with Crippen molar-refractivity contribution in [2.24, 2.45) is 9.98 Å². The van der Waals surface area contributed by atoms with Crippen molar-refractivity contribution in [3.63, 3.8) is 0 Å². The summed E-state index contributed by atoms with van der Waals surface area (Å²) in [5.74, 6) is -2.10. The lowest BCUT2D eigenvalue weighted by molar-refractivity contribution is 0.564. The SMILES string of the molecule is O=C=Nc1ccc(/C(F)=C(\F)c2ccc(N=C=O)cc2)cc1. The summed E-state index contributed by atoms with van der Waals surface area (Å²) >= 11 is 0. The lowest BCUT2D eigenvalue weighted by atomic mass is 10.1. The van der Waals surface area contributed by atoms with E-state index in [9.17, 15) is 18.4 Å². The number of hydrogen-bond donors (Lipinski definition) is 0. The van der Waals surface area contributed by atoms with Crippen LogP contribution in [0.1, 0.15) is 11.1 Å². The first-order valence-corrected chi connectivity index (χ1v) is 6.07. The van der Waals surface area contributed by atoms with Gasteiger partial charge in [-0.2, -0.15) is 9.98 Å². The van der Waals surface area contributed by atoms with Gasteiger partial charge in [0.05, 0.1) is 11.4 Å². The summed E-state index contributed by atoms with van der Waals surface area (Å²) in [5, 5.41) is 0. The zero-order valence-electron chi connectivity index (χ0n) is 11.1. The fourth-order valence-corrected chi connectivity index (χ4v) is 1.72. The van der Waals surface area contributed by atoms with E-state index in [2.05, 4.69) is 9.98 Å². The molecule has 4 nitrogen and oxygen atoms in total. The molecule has 0 spiro atoms. The maximum Gasteiger partial charge on any atom is 0.240 e. The molecule has 0 aliphatic heterocycles. The minimum Gasteiger partial charge on any atom is -0.211 e. The summed E-state index contributed by atoms with van der Waals surface area (Å²) < 4.78 is 28.2. The molecule has 0 aliphatic rings. The van der Waals surface area contributed by atoms with Crippen LogP contribution in [0.3, 0.4) is 0 Å². The van der Waals surface area contributed by atoms with E-state index in [4.69, 9.17) is 0 Å². The third-order valence-electron chi connectivity index (χ3n) is 2.78. The largest absolute Gasteiger partial charge is 0.240 e. The van der Waals surface area contributed by atoms with Crippen molar-refractivity contribution in [1.29, 1.82) is 0 Å². The van der Waals surface area contributed by atoms with Gasteiger partial charge >= 0.3 is 0 Å². The number of benzene rings is 2. The molecule has 0 amide bonds. The van der Waals surface area contributed by atoms with Crippen LogP contribution >= 0.6 is 0 Å². The molecule has 108 valence electrons. The highest BCUT2D eigenvalue weighted by molar-refractivity contribution is 5.83. The molecule has 0 atom stereocenters. The van der Waals surface area contributed by atoms with Crippen molar-refractivity contribution in [2.75, 3.05) is 0 Å². The monoisotopic (exact) mass is 298 g/mol. The fourth-order valence-electron chi connectivity index (χ4n) is 1.72. The maximum absolute atomic E-state index is 14.1. The molecular weight excluding hydrogens is 290 g/mol. The number of halogens is 2. The second kappa shape index (κ2) is 6.99. The lowest BCUT2D eigenvalue weighted by Crippen LogP contribution is -1.84. The van der Waals surface area contributed by atoms with Crippen molar-refractivity contribution >= 4 is 35.2 Å². The lowest BCUT2D eigenvalue weighted by Gasteiger charge is -2.03. The normalized spacial score (nSPS) is 11.0. The summed E-state index contributed by atoms with van der Waals surface area (Å²) in [6.45, 7) is 0. The Morgan fingerprint density at radius 1 is 0.682 bits per heavy atom. The highest BCUT2D eigenvalue weighted by Gasteiger charge is 2.11. The Bertz CT molecular complexity index is 730. The van der Waals surface area contributed by atoms with Gasteiger partial charge < -0.3 is 0 Å². The average molecular weight is 298 g/mol. The van der Waals surface area contributed by atoms with E-state index in [1.807, 2.05) is 0 Å². The predicted octanol–water partition coefficient (Wildman–Crippen LogP) is 4.39. The van der Waals surface area contributed by atoms with Crippen LogP contribution in [0.5, 0.6) is 0 Å². The molecule has 2 rings (SSSR count). The second-order valence-corrected chi connectivity index (χ2v) is 4.13.